The lowest BCUT2D eigenvalue weighted by atomic mass is 10.1. The van der Waals surface area contributed by atoms with Crippen LogP contribution >= 0.6 is 0 Å². The Morgan fingerprint density at radius 1 is 1.42 bits per heavy atom. The van der Waals surface area contributed by atoms with E-state index < -0.39 is 23.8 Å². The lowest BCUT2D eigenvalue weighted by Gasteiger charge is -2.13. The summed E-state index contributed by atoms with van der Waals surface area (Å²) in [6.45, 7) is 0.0494. The van der Waals surface area contributed by atoms with Crippen molar-refractivity contribution in [1.82, 2.24) is 0 Å². The second kappa shape index (κ2) is 4.91. The van der Waals surface area contributed by atoms with Crippen LogP contribution in [0.3, 0.4) is 0 Å². The fourth-order valence-corrected chi connectivity index (χ4v) is 1.78. The first-order valence-electron chi connectivity index (χ1n) is 5.47. The molecule has 1 aliphatic rings. The second-order valence-corrected chi connectivity index (χ2v) is 4.03. The first-order valence-corrected chi connectivity index (χ1v) is 5.47. The highest BCUT2D eigenvalue weighted by molar-refractivity contribution is 5.97. The molecule has 1 unspecified atom stereocenters. The van der Waals surface area contributed by atoms with Gasteiger partial charge in [-0.1, -0.05) is 12.1 Å². The number of halogens is 3. The molecule has 0 saturated carbocycles. The van der Waals surface area contributed by atoms with E-state index in [0.29, 0.717) is 0 Å². The smallest absolute Gasteiger partial charge is 0.417 e. The van der Waals surface area contributed by atoms with Crippen LogP contribution < -0.4 is 0 Å². The molecule has 0 amide bonds. The summed E-state index contributed by atoms with van der Waals surface area (Å²) in [6.07, 6.45) is -5.51. The molecular formula is C12H10F3NO3. The maximum atomic E-state index is 12.8. The normalized spacial score (nSPS) is 18.9. The van der Waals surface area contributed by atoms with E-state index in [1.165, 1.54) is 18.2 Å². The fourth-order valence-electron chi connectivity index (χ4n) is 1.78. The van der Waals surface area contributed by atoms with E-state index in [0.717, 1.165) is 6.07 Å². The van der Waals surface area contributed by atoms with E-state index in [4.69, 9.17) is 9.84 Å². The zero-order chi connectivity index (χ0) is 14.0. The molecule has 0 aliphatic carbocycles. The molecule has 1 atom stereocenters. The first-order chi connectivity index (χ1) is 8.88. The number of aliphatic imine (C=N–C) groups is 1. The summed E-state index contributed by atoms with van der Waals surface area (Å²) in [4.78, 5) is 14.4. The van der Waals surface area contributed by atoms with Gasteiger partial charge < -0.3 is 9.84 Å². The number of hydrogen-bond donors (Lipinski definition) is 1. The van der Waals surface area contributed by atoms with Crippen molar-refractivity contribution in [1.29, 1.82) is 0 Å². The van der Waals surface area contributed by atoms with E-state index in [-0.39, 0.29) is 24.4 Å². The van der Waals surface area contributed by atoms with Gasteiger partial charge in [0.2, 0.25) is 5.90 Å². The van der Waals surface area contributed by atoms with Gasteiger partial charge in [-0.25, -0.2) is 4.99 Å². The standard InChI is InChI=1S/C12H10F3NO3/c13-12(14,15)9-4-2-1-3-8(9)11-16-6-7(19-11)5-10(17)18/h1-4,7H,5-6H2,(H,17,18). The highest BCUT2D eigenvalue weighted by Gasteiger charge is 2.36. The first kappa shape index (κ1) is 13.4. The van der Waals surface area contributed by atoms with Crippen LogP contribution in [0.5, 0.6) is 0 Å². The van der Waals surface area contributed by atoms with Gasteiger partial charge in [0.25, 0.3) is 0 Å². The Balaban J connectivity index is 2.23. The van der Waals surface area contributed by atoms with Gasteiger partial charge in [0.15, 0.2) is 0 Å². The predicted molar refractivity (Wildman–Crippen MR) is 60.0 cm³/mol. The summed E-state index contributed by atoms with van der Waals surface area (Å²) in [5.41, 5.74) is -1.01. The largest absolute Gasteiger partial charge is 0.481 e. The molecule has 7 heteroatoms. The molecule has 0 spiro atoms. The topological polar surface area (TPSA) is 58.9 Å². The third-order valence-electron chi connectivity index (χ3n) is 2.58. The maximum absolute atomic E-state index is 12.8. The zero-order valence-electron chi connectivity index (χ0n) is 9.65. The van der Waals surface area contributed by atoms with Gasteiger partial charge in [0, 0.05) is 5.56 Å². The number of nitrogens with zero attached hydrogens (tertiary/aromatic N) is 1. The Bertz CT molecular complexity index is 525. The minimum Gasteiger partial charge on any atom is -0.481 e. The van der Waals surface area contributed by atoms with Crippen molar-refractivity contribution in [2.45, 2.75) is 18.7 Å². The van der Waals surface area contributed by atoms with Crippen molar-refractivity contribution >= 4 is 11.9 Å². The fraction of sp³-hybridized carbons (Fsp3) is 0.333. The number of carboxylic acids is 1. The van der Waals surface area contributed by atoms with Gasteiger partial charge in [-0.2, -0.15) is 13.2 Å². The molecule has 1 heterocycles. The van der Waals surface area contributed by atoms with Crippen LogP contribution in [0.1, 0.15) is 17.5 Å². The van der Waals surface area contributed by atoms with Crippen LogP contribution in [0.2, 0.25) is 0 Å². The summed E-state index contributed by atoms with van der Waals surface area (Å²) in [5.74, 6) is -1.23. The molecule has 0 saturated heterocycles. The van der Waals surface area contributed by atoms with Crippen LogP contribution in [0.25, 0.3) is 0 Å². The molecule has 0 fully saturated rings. The summed E-state index contributed by atoms with van der Waals surface area (Å²) >= 11 is 0. The summed E-state index contributed by atoms with van der Waals surface area (Å²) in [7, 11) is 0. The van der Waals surface area contributed by atoms with Crippen LogP contribution in [0.15, 0.2) is 29.3 Å². The third-order valence-corrected chi connectivity index (χ3v) is 2.58. The number of carbonyl (C=O) groups is 1. The van der Waals surface area contributed by atoms with Gasteiger partial charge in [0.1, 0.15) is 6.10 Å². The molecule has 1 aromatic carbocycles. The lowest BCUT2D eigenvalue weighted by molar-refractivity contribution is -0.139. The molecule has 102 valence electrons. The van der Waals surface area contributed by atoms with Crippen molar-refractivity contribution in [3.05, 3.63) is 35.4 Å². The maximum Gasteiger partial charge on any atom is 0.417 e. The van der Waals surface area contributed by atoms with Gasteiger partial charge in [-0.3, -0.25) is 4.79 Å². The Morgan fingerprint density at radius 2 is 2.11 bits per heavy atom. The number of rotatable bonds is 3. The summed E-state index contributed by atoms with van der Waals surface area (Å²) in [6, 6.07) is 4.91. The number of alkyl halides is 3. The lowest BCUT2D eigenvalue weighted by Crippen LogP contribution is -2.19. The van der Waals surface area contributed by atoms with E-state index >= 15 is 0 Å². The Kier molecular flexibility index (Phi) is 3.46. The zero-order valence-corrected chi connectivity index (χ0v) is 9.65. The quantitative estimate of drug-likeness (QED) is 0.919. The van der Waals surface area contributed by atoms with E-state index in [1.54, 1.807) is 0 Å². The van der Waals surface area contributed by atoms with Crippen molar-refractivity contribution in [3.63, 3.8) is 0 Å². The Morgan fingerprint density at radius 3 is 2.74 bits per heavy atom. The van der Waals surface area contributed by atoms with Crippen molar-refractivity contribution in [3.8, 4) is 0 Å². The average Bonchev–Trinajstić information content (AvgIpc) is 2.75. The van der Waals surface area contributed by atoms with Gasteiger partial charge in [-0.15, -0.1) is 0 Å². The predicted octanol–water partition coefficient (Wildman–Crippen LogP) is 2.33. The average molecular weight is 273 g/mol. The van der Waals surface area contributed by atoms with Crippen molar-refractivity contribution in [2.24, 2.45) is 4.99 Å². The molecule has 1 N–H and O–H groups in total. The molecule has 19 heavy (non-hydrogen) atoms. The molecule has 0 aromatic heterocycles. The molecule has 2 rings (SSSR count). The highest BCUT2D eigenvalue weighted by Crippen LogP contribution is 2.33. The van der Waals surface area contributed by atoms with Crippen molar-refractivity contribution < 1.29 is 27.8 Å². The third kappa shape index (κ3) is 3.04. The van der Waals surface area contributed by atoms with E-state index in [1.807, 2.05) is 0 Å². The van der Waals surface area contributed by atoms with Crippen LogP contribution in [-0.4, -0.2) is 29.6 Å². The number of aliphatic carboxylic acids is 1. The van der Waals surface area contributed by atoms with Gasteiger partial charge in [0.05, 0.1) is 18.5 Å². The van der Waals surface area contributed by atoms with Gasteiger partial charge in [-0.05, 0) is 12.1 Å². The van der Waals surface area contributed by atoms with Crippen molar-refractivity contribution in [2.75, 3.05) is 6.54 Å². The highest BCUT2D eigenvalue weighted by atomic mass is 19.4. The van der Waals surface area contributed by atoms with Crippen LogP contribution in [-0.2, 0) is 15.7 Å². The monoisotopic (exact) mass is 273 g/mol. The molecular weight excluding hydrogens is 263 g/mol. The van der Waals surface area contributed by atoms with Crippen LogP contribution in [0.4, 0.5) is 13.2 Å². The SMILES string of the molecule is O=C(O)CC1CN=C(c2ccccc2C(F)(F)F)O1. The number of carboxylic acid groups (broad SMARTS) is 1. The molecule has 0 radical (unpaired) electrons. The molecule has 1 aromatic rings. The summed E-state index contributed by atoms with van der Waals surface area (Å²) < 4.78 is 43.6. The molecule has 4 nitrogen and oxygen atoms in total. The molecule has 0 bridgehead atoms. The molecule has 1 aliphatic heterocycles. The van der Waals surface area contributed by atoms with Gasteiger partial charge >= 0.3 is 12.1 Å². The number of ether oxygens (including phenoxy) is 1. The summed E-state index contributed by atoms with van der Waals surface area (Å²) in [5, 5.41) is 8.60. The number of hydrogen-bond acceptors (Lipinski definition) is 3. The minimum absolute atomic E-state index is 0.0494. The minimum atomic E-state index is -4.51. The Labute approximate surface area is 106 Å². The van der Waals surface area contributed by atoms with Crippen LogP contribution in [0, 0.1) is 0 Å². The van der Waals surface area contributed by atoms with E-state index in [9.17, 15) is 18.0 Å². The number of benzene rings is 1. The van der Waals surface area contributed by atoms with E-state index in [2.05, 4.69) is 4.99 Å². The Hall–Kier alpha value is -2.05. The second-order valence-electron chi connectivity index (χ2n) is 4.03.